The second-order valence-corrected chi connectivity index (χ2v) is 3.54. The number of carbonyl (C=O) groups excluding carboxylic acids is 1. The molecule has 0 spiro atoms. The number of likely N-dealkylation sites (N-methyl/N-ethyl adjacent to an activating group) is 1. The van der Waals surface area contributed by atoms with E-state index in [2.05, 4.69) is 0 Å². The molecule has 0 bridgehead atoms. The molecule has 0 aliphatic heterocycles. The summed E-state index contributed by atoms with van der Waals surface area (Å²) in [6.45, 7) is 3.66. The number of allylic oxidation sites excluding steroid dienone is 1. The summed E-state index contributed by atoms with van der Waals surface area (Å²) in [4.78, 5) is 13.5. The van der Waals surface area contributed by atoms with Crippen molar-refractivity contribution < 1.29 is 9.53 Å². The van der Waals surface area contributed by atoms with Crippen molar-refractivity contribution in [3.05, 3.63) is 35.9 Å². The Kier molecular flexibility index (Phi) is 4.11. The van der Waals surface area contributed by atoms with Gasteiger partial charge in [-0.2, -0.15) is 0 Å². The van der Waals surface area contributed by atoms with Gasteiger partial charge in [-0.25, -0.2) is 0 Å². The maximum Gasteiger partial charge on any atom is 0.253 e. The monoisotopic (exact) mass is 219 g/mol. The second-order valence-electron chi connectivity index (χ2n) is 3.54. The van der Waals surface area contributed by atoms with Gasteiger partial charge in [0, 0.05) is 24.4 Å². The predicted octanol–water partition coefficient (Wildman–Crippen LogP) is 2.62. The van der Waals surface area contributed by atoms with Gasteiger partial charge in [0.05, 0.1) is 7.11 Å². The number of amides is 1. The summed E-state index contributed by atoms with van der Waals surface area (Å²) in [5.41, 5.74) is 1.55. The molecule has 1 amide bonds. The smallest absolute Gasteiger partial charge is 0.253 e. The largest absolute Gasteiger partial charge is 0.497 e. The van der Waals surface area contributed by atoms with E-state index in [-0.39, 0.29) is 5.91 Å². The van der Waals surface area contributed by atoms with E-state index < -0.39 is 0 Å². The molecule has 3 nitrogen and oxygen atoms in total. The number of hydrogen-bond acceptors (Lipinski definition) is 2. The number of carbonyl (C=O) groups is 1. The highest BCUT2D eigenvalue weighted by atomic mass is 16.5. The zero-order valence-corrected chi connectivity index (χ0v) is 10.2. The summed E-state index contributed by atoms with van der Waals surface area (Å²) < 4.78 is 5.12. The van der Waals surface area contributed by atoms with Crippen molar-refractivity contribution in [1.82, 2.24) is 0 Å². The Bertz CT molecular complexity index is 410. The van der Waals surface area contributed by atoms with Crippen molar-refractivity contribution in [3.63, 3.8) is 0 Å². The van der Waals surface area contributed by atoms with E-state index in [1.165, 1.54) is 0 Å². The molecule has 16 heavy (non-hydrogen) atoms. The first-order valence-corrected chi connectivity index (χ1v) is 5.15. The van der Waals surface area contributed by atoms with Crippen LogP contribution in [0.5, 0.6) is 5.75 Å². The van der Waals surface area contributed by atoms with Gasteiger partial charge in [0.25, 0.3) is 5.91 Å². The first-order valence-electron chi connectivity index (χ1n) is 5.15. The summed E-state index contributed by atoms with van der Waals surface area (Å²) in [5, 5.41) is 0. The van der Waals surface area contributed by atoms with Crippen molar-refractivity contribution in [2.45, 2.75) is 13.8 Å². The van der Waals surface area contributed by atoms with Crippen LogP contribution in [0.15, 0.2) is 35.9 Å². The van der Waals surface area contributed by atoms with Crippen LogP contribution in [0.2, 0.25) is 0 Å². The van der Waals surface area contributed by atoms with E-state index in [0.717, 1.165) is 17.0 Å². The Morgan fingerprint density at radius 3 is 2.69 bits per heavy atom. The van der Waals surface area contributed by atoms with Crippen molar-refractivity contribution in [3.8, 4) is 5.75 Å². The number of anilines is 1. The number of ether oxygens (including phenoxy) is 1. The normalized spacial score (nSPS) is 11.1. The van der Waals surface area contributed by atoms with Crippen LogP contribution >= 0.6 is 0 Å². The van der Waals surface area contributed by atoms with E-state index in [9.17, 15) is 4.79 Å². The highest BCUT2D eigenvalue weighted by Gasteiger charge is 2.12. The molecule has 1 rings (SSSR count). The standard InChI is InChI=1S/C13H17NO2/c1-5-10(2)13(15)14(3)11-7-6-8-12(9-11)16-4/h5-9H,1-4H3/b10-5+. The van der Waals surface area contributed by atoms with Gasteiger partial charge in [-0.1, -0.05) is 12.1 Å². The minimum atomic E-state index is -0.00393. The molecular weight excluding hydrogens is 202 g/mol. The second kappa shape index (κ2) is 5.35. The van der Waals surface area contributed by atoms with Crippen molar-refractivity contribution in [1.29, 1.82) is 0 Å². The Hall–Kier alpha value is -1.77. The molecule has 0 aromatic heterocycles. The molecule has 0 N–H and O–H groups in total. The van der Waals surface area contributed by atoms with Gasteiger partial charge in [0.1, 0.15) is 5.75 Å². The van der Waals surface area contributed by atoms with E-state index in [4.69, 9.17) is 4.74 Å². The molecule has 0 aliphatic rings. The van der Waals surface area contributed by atoms with Crippen LogP contribution in [0.3, 0.4) is 0 Å². The molecule has 3 heteroatoms. The molecule has 0 saturated carbocycles. The molecule has 0 radical (unpaired) electrons. The fourth-order valence-corrected chi connectivity index (χ4v) is 1.32. The summed E-state index contributed by atoms with van der Waals surface area (Å²) >= 11 is 0. The number of methoxy groups -OCH3 is 1. The topological polar surface area (TPSA) is 29.5 Å². The predicted molar refractivity (Wildman–Crippen MR) is 65.8 cm³/mol. The van der Waals surface area contributed by atoms with E-state index >= 15 is 0 Å². The zero-order valence-electron chi connectivity index (χ0n) is 10.2. The van der Waals surface area contributed by atoms with Crippen LogP contribution in [-0.2, 0) is 4.79 Å². The summed E-state index contributed by atoms with van der Waals surface area (Å²) in [6.07, 6.45) is 1.80. The molecular formula is C13H17NO2. The lowest BCUT2D eigenvalue weighted by Crippen LogP contribution is -2.26. The van der Waals surface area contributed by atoms with Gasteiger partial charge in [0.2, 0.25) is 0 Å². The highest BCUT2D eigenvalue weighted by molar-refractivity contribution is 6.04. The van der Waals surface area contributed by atoms with Crippen LogP contribution in [-0.4, -0.2) is 20.1 Å². The Morgan fingerprint density at radius 1 is 1.44 bits per heavy atom. The molecule has 1 aromatic rings. The van der Waals surface area contributed by atoms with Gasteiger partial charge in [-0.15, -0.1) is 0 Å². The molecule has 86 valence electrons. The van der Waals surface area contributed by atoms with Crippen LogP contribution in [0.1, 0.15) is 13.8 Å². The van der Waals surface area contributed by atoms with Crippen molar-refractivity contribution in [2.75, 3.05) is 19.1 Å². The van der Waals surface area contributed by atoms with E-state index in [1.54, 1.807) is 32.1 Å². The Balaban J connectivity index is 2.96. The number of benzene rings is 1. The fourth-order valence-electron chi connectivity index (χ4n) is 1.32. The van der Waals surface area contributed by atoms with Crippen LogP contribution in [0, 0.1) is 0 Å². The SMILES string of the molecule is C/C=C(\C)C(=O)N(C)c1cccc(OC)c1. The molecule has 0 heterocycles. The van der Waals surface area contributed by atoms with Gasteiger partial charge in [0.15, 0.2) is 0 Å². The lowest BCUT2D eigenvalue weighted by Gasteiger charge is -2.18. The fraction of sp³-hybridized carbons (Fsp3) is 0.308. The van der Waals surface area contributed by atoms with E-state index in [0.29, 0.717) is 0 Å². The lowest BCUT2D eigenvalue weighted by molar-refractivity contribution is -0.114. The third kappa shape index (κ3) is 2.63. The average molecular weight is 219 g/mol. The molecule has 0 unspecified atom stereocenters. The highest BCUT2D eigenvalue weighted by Crippen LogP contribution is 2.20. The maximum atomic E-state index is 11.9. The minimum Gasteiger partial charge on any atom is -0.497 e. The van der Waals surface area contributed by atoms with Crippen molar-refractivity contribution in [2.24, 2.45) is 0 Å². The molecule has 0 atom stereocenters. The number of nitrogens with zero attached hydrogens (tertiary/aromatic N) is 1. The maximum absolute atomic E-state index is 11.9. The Labute approximate surface area is 96.3 Å². The van der Waals surface area contributed by atoms with Gasteiger partial charge < -0.3 is 9.64 Å². The number of rotatable bonds is 3. The third-order valence-electron chi connectivity index (χ3n) is 2.52. The van der Waals surface area contributed by atoms with Crippen LogP contribution in [0.25, 0.3) is 0 Å². The van der Waals surface area contributed by atoms with Gasteiger partial charge in [-0.3, -0.25) is 4.79 Å². The zero-order chi connectivity index (χ0) is 12.1. The first-order chi connectivity index (χ1) is 7.60. The first kappa shape index (κ1) is 12.3. The van der Waals surface area contributed by atoms with E-state index in [1.807, 2.05) is 31.2 Å². The Morgan fingerprint density at radius 2 is 2.12 bits per heavy atom. The van der Waals surface area contributed by atoms with Gasteiger partial charge in [-0.05, 0) is 26.0 Å². The number of hydrogen-bond donors (Lipinski definition) is 0. The molecule has 0 saturated heterocycles. The quantitative estimate of drug-likeness (QED) is 0.731. The van der Waals surface area contributed by atoms with Crippen LogP contribution in [0.4, 0.5) is 5.69 Å². The minimum absolute atomic E-state index is 0.00393. The lowest BCUT2D eigenvalue weighted by atomic mass is 10.2. The van der Waals surface area contributed by atoms with Crippen LogP contribution < -0.4 is 9.64 Å². The van der Waals surface area contributed by atoms with Gasteiger partial charge >= 0.3 is 0 Å². The molecule has 0 aliphatic carbocycles. The summed E-state index contributed by atoms with van der Waals surface area (Å²) in [6, 6.07) is 7.43. The molecule has 0 fully saturated rings. The van der Waals surface area contributed by atoms with Crippen molar-refractivity contribution >= 4 is 11.6 Å². The third-order valence-corrected chi connectivity index (χ3v) is 2.52. The summed E-state index contributed by atoms with van der Waals surface area (Å²) in [5.74, 6) is 0.742. The summed E-state index contributed by atoms with van der Waals surface area (Å²) in [7, 11) is 3.36. The average Bonchev–Trinajstić information content (AvgIpc) is 2.36. The molecule has 1 aromatic carbocycles.